The molecular formula is C18H21ClN2O3S. The van der Waals surface area contributed by atoms with Gasteiger partial charge in [-0.05, 0) is 64.9 Å². The smallest absolute Gasteiger partial charge is 0.316 e. The SMILES string of the molecule is CC1Sc2ccc(Cl)cc2C(=O)/C1=N/OC(=O)C(C)(C)N1CCCC1. The fourth-order valence-corrected chi connectivity index (χ4v) is 4.31. The molecule has 1 saturated heterocycles. The van der Waals surface area contributed by atoms with Crippen molar-refractivity contribution in [2.24, 2.45) is 5.16 Å². The second-order valence-corrected chi connectivity index (χ2v) is 8.66. The third kappa shape index (κ3) is 3.61. The average Bonchev–Trinajstić information content (AvgIpc) is 3.10. The fraction of sp³-hybridized carbons (Fsp3) is 0.500. The first kappa shape index (κ1) is 18.4. The Bertz CT molecular complexity index is 742. The third-order valence-corrected chi connectivity index (χ3v) is 6.15. The molecule has 2 heterocycles. The number of hydrogen-bond acceptors (Lipinski definition) is 6. The summed E-state index contributed by atoms with van der Waals surface area (Å²) in [5.41, 5.74) is -0.00915. The summed E-state index contributed by atoms with van der Waals surface area (Å²) in [4.78, 5) is 33.3. The van der Waals surface area contributed by atoms with Crippen molar-refractivity contribution >= 4 is 40.8 Å². The number of rotatable bonds is 3. The number of Topliss-reactive ketones (excluding diaryl/α,β-unsaturated/α-hetero) is 1. The van der Waals surface area contributed by atoms with E-state index in [1.54, 1.807) is 12.1 Å². The van der Waals surface area contributed by atoms with Crippen LogP contribution in [-0.4, -0.2) is 46.2 Å². The highest BCUT2D eigenvalue weighted by Gasteiger charge is 2.39. The summed E-state index contributed by atoms with van der Waals surface area (Å²) < 4.78 is 0. The standard InChI is InChI=1S/C18H21ClN2O3S/c1-11-15(16(22)13-10-12(19)6-7-14(13)25-11)20-24-17(23)18(2,3)21-8-4-5-9-21/h6-7,10-11H,4-5,8-9H2,1-3H3/b20-15+. The molecule has 1 aromatic carbocycles. The Morgan fingerprint density at radius 3 is 2.72 bits per heavy atom. The quantitative estimate of drug-likeness (QED) is 0.589. The number of carbonyl (C=O) groups is 2. The number of carbonyl (C=O) groups excluding carboxylic acids is 2. The average molecular weight is 381 g/mol. The first-order valence-corrected chi connectivity index (χ1v) is 9.62. The van der Waals surface area contributed by atoms with E-state index in [2.05, 4.69) is 10.1 Å². The lowest BCUT2D eigenvalue weighted by atomic mass is 10.0. The van der Waals surface area contributed by atoms with Gasteiger partial charge in [0, 0.05) is 15.5 Å². The number of benzene rings is 1. The molecule has 0 saturated carbocycles. The van der Waals surface area contributed by atoms with Gasteiger partial charge in [-0.2, -0.15) is 0 Å². The number of thioether (sulfide) groups is 1. The lowest BCUT2D eigenvalue weighted by molar-refractivity contribution is -0.155. The predicted molar refractivity (Wildman–Crippen MR) is 99.5 cm³/mol. The molecule has 3 rings (SSSR count). The number of ketones is 1. The molecule has 0 bridgehead atoms. The topological polar surface area (TPSA) is 59.0 Å². The van der Waals surface area contributed by atoms with Gasteiger partial charge in [0.15, 0.2) is 0 Å². The molecule has 0 N–H and O–H groups in total. The highest BCUT2D eigenvalue weighted by Crippen LogP contribution is 2.35. The van der Waals surface area contributed by atoms with Crippen LogP contribution in [0.5, 0.6) is 0 Å². The Morgan fingerprint density at radius 2 is 2.04 bits per heavy atom. The largest absolute Gasteiger partial charge is 0.354 e. The van der Waals surface area contributed by atoms with Crippen LogP contribution in [0.2, 0.25) is 5.02 Å². The fourth-order valence-electron chi connectivity index (χ4n) is 3.07. The number of likely N-dealkylation sites (tertiary alicyclic amines) is 1. The van der Waals surface area contributed by atoms with Gasteiger partial charge < -0.3 is 4.84 Å². The Balaban J connectivity index is 1.79. The Labute approximate surface area is 156 Å². The maximum absolute atomic E-state index is 12.7. The molecule has 1 unspecified atom stereocenters. The Kier molecular flexibility index (Phi) is 5.23. The highest BCUT2D eigenvalue weighted by atomic mass is 35.5. The molecule has 0 spiro atoms. The normalized spacial score (nSPS) is 23.0. The van der Waals surface area contributed by atoms with Crippen LogP contribution in [0, 0.1) is 0 Å². The van der Waals surface area contributed by atoms with Gasteiger partial charge in [0.25, 0.3) is 0 Å². The van der Waals surface area contributed by atoms with Crippen molar-refractivity contribution in [3.05, 3.63) is 28.8 Å². The number of halogens is 1. The van der Waals surface area contributed by atoms with Gasteiger partial charge in [0.05, 0.1) is 5.25 Å². The molecule has 1 aromatic rings. The molecule has 1 fully saturated rings. The van der Waals surface area contributed by atoms with Crippen LogP contribution in [0.15, 0.2) is 28.3 Å². The maximum Gasteiger partial charge on any atom is 0.354 e. The summed E-state index contributed by atoms with van der Waals surface area (Å²) in [5, 5.41) is 4.24. The summed E-state index contributed by atoms with van der Waals surface area (Å²) in [6.45, 7) is 7.28. The van der Waals surface area contributed by atoms with E-state index < -0.39 is 11.5 Å². The molecule has 134 valence electrons. The maximum atomic E-state index is 12.7. The summed E-state index contributed by atoms with van der Waals surface area (Å²) in [7, 11) is 0. The minimum Gasteiger partial charge on any atom is -0.316 e. The first-order valence-electron chi connectivity index (χ1n) is 8.36. The molecule has 5 nitrogen and oxygen atoms in total. The summed E-state index contributed by atoms with van der Waals surface area (Å²) in [6, 6.07) is 5.22. The Morgan fingerprint density at radius 1 is 1.36 bits per heavy atom. The zero-order valence-corrected chi connectivity index (χ0v) is 16.1. The summed E-state index contributed by atoms with van der Waals surface area (Å²) in [5.74, 6) is -0.681. The van der Waals surface area contributed by atoms with E-state index in [0.29, 0.717) is 10.6 Å². The molecule has 25 heavy (non-hydrogen) atoms. The van der Waals surface area contributed by atoms with Crippen LogP contribution in [0.4, 0.5) is 0 Å². The number of nitrogens with zero attached hydrogens (tertiary/aromatic N) is 2. The van der Waals surface area contributed by atoms with E-state index >= 15 is 0 Å². The van der Waals surface area contributed by atoms with Crippen LogP contribution < -0.4 is 0 Å². The van der Waals surface area contributed by atoms with Gasteiger partial charge in [-0.1, -0.05) is 16.8 Å². The molecule has 0 radical (unpaired) electrons. The first-order chi connectivity index (χ1) is 11.8. The zero-order chi connectivity index (χ0) is 18.2. The molecule has 7 heteroatoms. The lowest BCUT2D eigenvalue weighted by Gasteiger charge is -2.31. The van der Waals surface area contributed by atoms with Crippen LogP contribution in [0.1, 0.15) is 44.0 Å². The summed E-state index contributed by atoms with van der Waals surface area (Å²) >= 11 is 7.50. The van der Waals surface area contributed by atoms with Crippen molar-refractivity contribution in [3.63, 3.8) is 0 Å². The molecule has 0 aliphatic carbocycles. The molecule has 0 aromatic heterocycles. The zero-order valence-electron chi connectivity index (χ0n) is 14.5. The van der Waals surface area contributed by atoms with E-state index in [-0.39, 0.29) is 16.7 Å². The van der Waals surface area contributed by atoms with Crippen molar-refractivity contribution in [2.45, 2.75) is 49.3 Å². The Hall–Kier alpha value is -1.37. The highest BCUT2D eigenvalue weighted by molar-refractivity contribution is 8.01. The molecule has 0 amide bonds. The van der Waals surface area contributed by atoms with Crippen molar-refractivity contribution in [3.8, 4) is 0 Å². The molecular weight excluding hydrogens is 360 g/mol. The third-order valence-electron chi connectivity index (χ3n) is 4.73. The molecule has 2 aliphatic rings. The van der Waals surface area contributed by atoms with Gasteiger partial charge in [-0.25, -0.2) is 4.79 Å². The van der Waals surface area contributed by atoms with Gasteiger partial charge in [-0.3, -0.25) is 9.69 Å². The number of oxime groups is 1. The van der Waals surface area contributed by atoms with Crippen LogP contribution in [0.25, 0.3) is 0 Å². The number of hydrogen-bond donors (Lipinski definition) is 0. The monoisotopic (exact) mass is 380 g/mol. The van der Waals surface area contributed by atoms with E-state index in [9.17, 15) is 9.59 Å². The summed E-state index contributed by atoms with van der Waals surface area (Å²) in [6.07, 6.45) is 2.16. The lowest BCUT2D eigenvalue weighted by Crippen LogP contribution is -2.49. The van der Waals surface area contributed by atoms with E-state index in [1.165, 1.54) is 11.8 Å². The van der Waals surface area contributed by atoms with E-state index in [4.69, 9.17) is 16.4 Å². The van der Waals surface area contributed by atoms with Gasteiger partial charge in [-0.15, -0.1) is 11.8 Å². The van der Waals surface area contributed by atoms with Crippen LogP contribution in [-0.2, 0) is 9.63 Å². The molecule has 1 atom stereocenters. The minimum absolute atomic E-state index is 0.191. The molecule has 2 aliphatic heterocycles. The van der Waals surface area contributed by atoms with Crippen LogP contribution in [0.3, 0.4) is 0 Å². The minimum atomic E-state index is -0.754. The van der Waals surface area contributed by atoms with Gasteiger partial charge in [0.2, 0.25) is 5.78 Å². The van der Waals surface area contributed by atoms with Gasteiger partial charge >= 0.3 is 5.97 Å². The van der Waals surface area contributed by atoms with Crippen LogP contribution >= 0.6 is 23.4 Å². The van der Waals surface area contributed by atoms with Crippen molar-refractivity contribution in [1.82, 2.24) is 4.90 Å². The van der Waals surface area contributed by atoms with Gasteiger partial charge in [0.1, 0.15) is 11.3 Å². The van der Waals surface area contributed by atoms with E-state index in [0.717, 1.165) is 30.8 Å². The second kappa shape index (κ2) is 7.09. The van der Waals surface area contributed by atoms with Crippen molar-refractivity contribution in [2.75, 3.05) is 13.1 Å². The van der Waals surface area contributed by atoms with Crippen molar-refractivity contribution in [1.29, 1.82) is 0 Å². The predicted octanol–water partition coefficient (Wildman–Crippen LogP) is 3.79. The second-order valence-electron chi connectivity index (χ2n) is 6.84. The van der Waals surface area contributed by atoms with E-state index in [1.807, 2.05) is 26.8 Å². The van der Waals surface area contributed by atoms with Crippen molar-refractivity contribution < 1.29 is 14.4 Å². The number of fused-ring (bicyclic) bond motifs is 1.